The smallest absolute Gasteiger partial charge is 0.299 e. The van der Waals surface area contributed by atoms with Crippen molar-refractivity contribution >= 4 is 21.8 Å². The first kappa shape index (κ1) is 16.8. The van der Waals surface area contributed by atoms with Crippen molar-refractivity contribution < 1.29 is 21.9 Å². The average molecular weight is 326 g/mol. The van der Waals surface area contributed by atoms with Crippen molar-refractivity contribution in [2.24, 2.45) is 11.3 Å². The van der Waals surface area contributed by atoms with Crippen molar-refractivity contribution in [1.29, 1.82) is 0 Å². The second-order valence-electron chi connectivity index (χ2n) is 6.65. The maximum absolute atomic E-state index is 13.2. The summed E-state index contributed by atoms with van der Waals surface area (Å²) in [6.07, 6.45) is 0.387. The number of carbonyl (C=O) groups is 2. The standard InChI is InChI=1S/C16H19FO4S/c1-16(2)8-13(18)15(14(19)9-16)12(10-22(17,20)21)11-6-4-3-5-7-11/h3-7,12,15H,8-10H2,1-2H3. The number of benzene rings is 1. The zero-order valence-electron chi connectivity index (χ0n) is 12.6. The summed E-state index contributed by atoms with van der Waals surface area (Å²) in [5, 5.41) is 0. The lowest BCUT2D eigenvalue weighted by molar-refractivity contribution is -0.140. The predicted molar refractivity (Wildman–Crippen MR) is 80.6 cm³/mol. The number of Topliss-reactive ketones (excluding diaryl/α,β-unsaturated/α-hetero) is 2. The fourth-order valence-corrected chi connectivity index (χ4v) is 3.97. The van der Waals surface area contributed by atoms with Crippen LogP contribution in [0.25, 0.3) is 0 Å². The highest BCUT2D eigenvalue weighted by atomic mass is 32.3. The molecule has 4 nitrogen and oxygen atoms in total. The van der Waals surface area contributed by atoms with E-state index in [1.54, 1.807) is 30.3 Å². The van der Waals surface area contributed by atoms with Gasteiger partial charge in [-0.2, -0.15) is 8.42 Å². The average Bonchev–Trinajstić information content (AvgIpc) is 2.34. The molecule has 0 aromatic heterocycles. The Morgan fingerprint density at radius 1 is 1.14 bits per heavy atom. The topological polar surface area (TPSA) is 68.3 Å². The van der Waals surface area contributed by atoms with Crippen LogP contribution in [-0.4, -0.2) is 25.7 Å². The Labute approximate surface area is 129 Å². The van der Waals surface area contributed by atoms with Gasteiger partial charge in [-0.15, -0.1) is 3.89 Å². The summed E-state index contributed by atoms with van der Waals surface area (Å²) in [5.41, 5.74) is 0.0654. The van der Waals surface area contributed by atoms with Crippen LogP contribution in [0.4, 0.5) is 3.89 Å². The van der Waals surface area contributed by atoms with Gasteiger partial charge in [0.25, 0.3) is 0 Å². The zero-order valence-corrected chi connectivity index (χ0v) is 13.4. The van der Waals surface area contributed by atoms with Gasteiger partial charge in [-0.1, -0.05) is 44.2 Å². The van der Waals surface area contributed by atoms with Crippen LogP contribution in [0, 0.1) is 11.3 Å². The van der Waals surface area contributed by atoms with Crippen LogP contribution in [0.3, 0.4) is 0 Å². The number of halogens is 1. The molecule has 1 aromatic carbocycles. The minimum Gasteiger partial charge on any atom is -0.299 e. The van der Waals surface area contributed by atoms with E-state index >= 15 is 0 Å². The van der Waals surface area contributed by atoms with Crippen LogP contribution in [0.2, 0.25) is 0 Å². The van der Waals surface area contributed by atoms with Gasteiger partial charge in [0, 0.05) is 18.8 Å². The first-order chi connectivity index (χ1) is 10.1. The molecule has 0 N–H and O–H groups in total. The molecule has 0 bridgehead atoms. The summed E-state index contributed by atoms with van der Waals surface area (Å²) in [6.45, 7) is 3.64. The lowest BCUT2D eigenvalue weighted by Gasteiger charge is -2.35. The Morgan fingerprint density at radius 3 is 2.09 bits per heavy atom. The van der Waals surface area contributed by atoms with E-state index in [1.165, 1.54) is 0 Å². The predicted octanol–water partition coefficient (Wildman–Crippen LogP) is 2.64. The van der Waals surface area contributed by atoms with Gasteiger partial charge in [0.2, 0.25) is 0 Å². The van der Waals surface area contributed by atoms with Gasteiger partial charge in [0.1, 0.15) is 11.6 Å². The van der Waals surface area contributed by atoms with E-state index in [2.05, 4.69) is 0 Å². The number of rotatable bonds is 4. The molecule has 1 aliphatic carbocycles. The molecule has 6 heteroatoms. The van der Waals surface area contributed by atoms with E-state index in [4.69, 9.17) is 0 Å². The van der Waals surface area contributed by atoms with Crippen LogP contribution >= 0.6 is 0 Å². The highest BCUT2D eigenvalue weighted by Gasteiger charge is 2.45. The molecular formula is C16H19FO4S. The van der Waals surface area contributed by atoms with E-state index in [9.17, 15) is 21.9 Å². The van der Waals surface area contributed by atoms with Gasteiger partial charge in [-0.25, -0.2) is 0 Å². The molecule has 0 aliphatic heterocycles. The van der Waals surface area contributed by atoms with Crippen molar-refractivity contribution in [2.75, 3.05) is 5.75 Å². The van der Waals surface area contributed by atoms with Crippen LogP contribution in [0.1, 0.15) is 38.2 Å². The van der Waals surface area contributed by atoms with Gasteiger partial charge < -0.3 is 0 Å². The summed E-state index contributed by atoms with van der Waals surface area (Å²) in [7, 11) is -4.80. The van der Waals surface area contributed by atoms with Crippen molar-refractivity contribution in [2.45, 2.75) is 32.6 Å². The van der Waals surface area contributed by atoms with Gasteiger partial charge in [0.15, 0.2) is 0 Å². The Hall–Kier alpha value is -1.56. The molecule has 1 fully saturated rings. The van der Waals surface area contributed by atoms with Crippen LogP contribution in [0.15, 0.2) is 30.3 Å². The molecule has 1 aromatic rings. The molecule has 1 aliphatic rings. The summed E-state index contributed by atoms with van der Waals surface area (Å²) >= 11 is 0. The molecule has 0 spiro atoms. The fraction of sp³-hybridized carbons (Fsp3) is 0.500. The summed E-state index contributed by atoms with van der Waals surface area (Å²) in [6, 6.07) is 8.33. The van der Waals surface area contributed by atoms with E-state index < -0.39 is 33.2 Å². The molecule has 0 heterocycles. The second-order valence-corrected chi connectivity index (χ2v) is 8.06. The van der Waals surface area contributed by atoms with Crippen LogP contribution in [0.5, 0.6) is 0 Å². The summed E-state index contributed by atoms with van der Waals surface area (Å²) in [5.74, 6) is -3.51. The summed E-state index contributed by atoms with van der Waals surface area (Å²) in [4.78, 5) is 24.8. The normalized spacial score (nSPS) is 20.9. The minimum atomic E-state index is -4.80. The van der Waals surface area contributed by atoms with Gasteiger partial charge >= 0.3 is 10.2 Å². The minimum absolute atomic E-state index is 0.194. The van der Waals surface area contributed by atoms with Gasteiger partial charge in [-0.3, -0.25) is 9.59 Å². The maximum atomic E-state index is 13.2. The number of hydrogen-bond donors (Lipinski definition) is 0. The monoisotopic (exact) mass is 326 g/mol. The molecule has 2 rings (SSSR count). The first-order valence-electron chi connectivity index (χ1n) is 7.12. The molecule has 22 heavy (non-hydrogen) atoms. The van der Waals surface area contributed by atoms with Crippen LogP contribution in [-0.2, 0) is 19.8 Å². The second kappa shape index (κ2) is 5.91. The number of hydrogen-bond acceptors (Lipinski definition) is 4. The molecule has 1 saturated carbocycles. The highest BCUT2D eigenvalue weighted by molar-refractivity contribution is 7.86. The number of ketones is 2. The fourth-order valence-electron chi connectivity index (χ4n) is 3.15. The molecular weight excluding hydrogens is 307 g/mol. The molecule has 0 radical (unpaired) electrons. The van der Waals surface area contributed by atoms with Gasteiger partial charge in [0.05, 0.1) is 11.7 Å². The molecule has 120 valence electrons. The van der Waals surface area contributed by atoms with Crippen molar-refractivity contribution in [3.05, 3.63) is 35.9 Å². The van der Waals surface area contributed by atoms with E-state index in [0.717, 1.165) is 0 Å². The Morgan fingerprint density at radius 2 is 1.64 bits per heavy atom. The van der Waals surface area contributed by atoms with E-state index in [1.807, 2.05) is 13.8 Å². The molecule has 0 amide bonds. The highest BCUT2D eigenvalue weighted by Crippen LogP contribution is 2.40. The van der Waals surface area contributed by atoms with Crippen molar-refractivity contribution in [1.82, 2.24) is 0 Å². The third-order valence-corrected chi connectivity index (χ3v) is 4.77. The molecule has 1 atom stereocenters. The summed E-state index contributed by atoms with van der Waals surface area (Å²) < 4.78 is 35.5. The molecule has 1 unspecified atom stereocenters. The lowest BCUT2D eigenvalue weighted by Crippen LogP contribution is -2.42. The third kappa shape index (κ3) is 4.00. The maximum Gasteiger partial charge on any atom is 0.303 e. The lowest BCUT2D eigenvalue weighted by atomic mass is 9.67. The third-order valence-electron chi connectivity index (χ3n) is 4.01. The van der Waals surface area contributed by atoms with Crippen molar-refractivity contribution in [3.63, 3.8) is 0 Å². The van der Waals surface area contributed by atoms with Crippen LogP contribution < -0.4 is 0 Å². The van der Waals surface area contributed by atoms with E-state index in [-0.39, 0.29) is 24.4 Å². The zero-order chi connectivity index (χ0) is 16.5. The quantitative estimate of drug-likeness (QED) is 0.630. The largest absolute Gasteiger partial charge is 0.303 e. The van der Waals surface area contributed by atoms with Gasteiger partial charge in [-0.05, 0) is 11.0 Å². The number of carbonyl (C=O) groups excluding carboxylic acids is 2. The Balaban J connectivity index is 2.41. The Bertz CT molecular complexity index is 659. The Kier molecular flexibility index (Phi) is 4.52. The van der Waals surface area contributed by atoms with E-state index in [0.29, 0.717) is 5.56 Å². The first-order valence-corrected chi connectivity index (χ1v) is 8.67. The van der Waals surface area contributed by atoms with Crippen molar-refractivity contribution in [3.8, 4) is 0 Å². The SMILES string of the molecule is CC1(C)CC(=O)C(C(CS(=O)(=O)F)c2ccccc2)C(=O)C1. The molecule has 0 saturated heterocycles.